The van der Waals surface area contributed by atoms with E-state index in [1.54, 1.807) is 0 Å². The van der Waals surface area contributed by atoms with E-state index in [-0.39, 0.29) is 12.4 Å². The highest BCUT2D eigenvalue weighted by molar-refractivity contribution is 7.87. The Kier molecular flexibility index (Phi) is 16.6. The number of alkyl halides is 3. The maximum absolute atomic E-state index is 12.2. The third-order valence-corrected chi connectivity index (χ3v) is 6.74. The van der Waals surface area contributed by atoms with Crippen molar-refractivity contribution in [1.82, 2.24) is 0 Å². The summed E-state index contributed by atoms with van der Waals surface area (Å²) in [7, 11) is -5.62. The zero-order valence-corrected chi connectivity index (χ0v) is 21.5. The molecule has 0 amide bonds. The van der Waals surface area contributed by atoms with Crippen LogP contribution in [0.3, 0.4) is 0 Å². The first-order chi connectivity index (χ1) is 16.3. The number of hydrogen-bond acceptors (Lipinski definition) is 5. The van der Waals surface area contributed by atoms with Gasteiger partial charge in [-0.3, -0.25) is 4.18 Å². The van der Waals surface area contributed by atoms with Gasteiger partial charge in [0, 0.05) is 6.61 Å². The first-order valence-corrected chi connectivity index (χ1v) is 14.3. The van der Waals surface area contributed by atoms with E-state index in [1.165, 1.54) is 102 Å². The standard InChI is InChI=1S/C25H43F3O5S/c1-2-3-4-5-6-7-8-9-10-11-12-13-14-15-16-17-20-31-21-23-18-19-24(33-23)22-32-34(29,30)25(26,27)28/h18-19H,2-17,20-22H2,1H3. The molecule has 34 heavy (non-hydrogen) atoms. The van der Waals surface area contributed by atoms with Crippen LogP contribution in [0.2, 0.25) is 0 Å². The van der Waals surface area contributed by atoms with E-state index >= 15 is 0 Å². The minimum absolute atomic E-state index is 0.00571. The largest absolute Gasteiger partial charge is 0.523 e. The van der Waals surface area contributed by atoms with Gasteiger partial charge >= 0.3 is 15.6 Å². The van der Waals surface area contributed by atoms with E-state index in [4.69, 9.17) is 9.15 Å². The van der Waals surface area contributed by atoms with Crippen LogP contribution in [-0.4, -0.2) is 20.5 Å². The van der Waals surface area contributed by atoms with Gasteiger partial charge in [-0.1, -0.05) is 103 Å². The Hall–Kier alpha value is -1.06. The van der Waals surface area contributed by atoms with Gasteiger partial charge < -0.3 is 9.15 Å². The van der Waals surface area contributed by atoms with Crippen LogP contribution >= 0.6 is 0 Å². The average molecular weight is 513 g/mol. The maximum atomic E-state index is 12.2. The van der Waals surface area contributed by atoms with Crippen LogP contribution in [0.1, 0.15) is 121 Å². The van der Waals surface area contributed by atoms with Crippen molar-refractivity contribution in [3.05, 3.63) is 23.7 Å². The molecule has 1 rings (SSSR count). The van der Waals surface area contributed by atoms with E-state index in [2.05, 4.69) is 11.1 Å². The minimum atomic E-state index is -5.62. The highest BCUT2D eigenvalue weighted by Gasteiger charge is 2.47. The van der Waals surface area contributed by atoms with E-state index in [0.717, 1.165) is 12.8 Å². The maximum Gasteiger partial charge on any atom is 0.523 e. The Bertz CT molecular complexity index is 716. The molecule has 0 saturated carbocycles. The van der Waals surface area contributed by atoms with Crippen LogP contribution in [0.4, 0.5) is 13.2 Å². The Morgan fingerprint density at radius 2 is 1.12 bits per heavy atom. The van der Waals surface area contributed by atoms with Crippen LogP contribution in [0.5, 0.6) is 0 Å². The fraction of sp³-hybridized carbons (Fsp3) is 0.840. The van der Waals surface area contributed by atoms with Gasteiger partial charge in [0.25, 0.3) is 0 Å². The number of unbranched alkanes of at least 4 members (excludes halogenated alkanes) is 15. The molecule has 0 aliphatic carbocycles. The van der Waals surface area contributed by atoms with Crippen LogP contribution in [-0.2, 0) is 32.3 Å². The summed E-state index contributed by atoms with van der Waals surface area (Å²) in [5, 5.41) is 0. The molecule has 5 nitrogen and oxygen atoms in total. The number of ether oxygens (including phenoxy) is 1. The molecule has 0 atom stereocenters. The topological polar surface area (TPSA) is 65.7 Å². The lowest BCUT2D eigenvalue weighted by Crippen LogP contribution is -2.25. The minimum Gasteiger partial charge on any atom is -0.461 e. The molecule has 200 valence electrons. The second-order valence-corrected chi connectivity index (χ2v) is 10.5. The highest BCUT2D eigenvalue weighted by atomic mass is 32.2. The number of furan rings is 1. The molecular weight excluding hydrogens is 469 g/mol. The summed E-state index contributed by atoms with van der Waals surface area (Å²) in [6.07, 6.45) is 20.9. The predicted molar refractivity (Wildman–Crippen MR) is 128 cm³/mol. The van der Waals surface area contributed by atoms with Gasteiger partial charge in [0.1, 0.15) is 24.7 Å². The molecule has 0 aromatic carbocycles. The van der Waals surface area contributed by atoms with Crippen LogP contribution in [0.15, 0.2) is 16.5 Å². The molecule has 0 fully saturated rings. The molecule has 0 aliphatic rings. The van der Waals surface area contributed by atoms with Gasteiger partial charge in [-0.25, -0.2) is 0 Å². The van der Waals surface area contributed by atoms with Crippen molar-refractivity contribution in [3.8, 4) is 0 Å². The zero-order valence-electron chi connectivity index (χ0n) is 20.7. The molecule has 9 heteroatoms. The molecular formula is C25H43F3O5S. The second kappa shape index (κ2) is 18.2. The molecule has 1 aromatic heterocycles. The van der Waals surface area contributed by atoms with Gasteiger partial charge in [-0.05, 0) is 18.6 Å². The lowest BCUT2D eigenvalue weighted by molar-refractivity contribution is -0.0551. The summed E-state index contributed by atoms with van der Waals surface area (Å²) in [6, 6.07) is 2.91. The smallest absolute Gasteiger partial charge is 0.461 e. The Morgan fingerprint density at radius 3 is 1.56 bits per heavy atom. The molecule has 0 radical (unpaired) electrons. The number of hydrogen-bond donors (Lipinski definition) is 0. The first kappa shape index (κ1) is 31.0. The summed E-state index contributed by atoms with van der Waals surface area (Å²) >= 11 is 0. The molecule has 0 N–H and O–H groups in total. The van der Waals surface area contributed by atoms with Gasteiger partial charge in [-0.2, -0.15) is 21.6 Å². The van der Waals surface area contributed by atoms with Gasteiger partial charge in [0.05, 0.1) is 0 Å². The molecule has 0 bridgehead atoms. The van der Waals surface area contributed by atoms with Crippen molar-refractivity contribution in [2.24, 2.45) is 0 Å². The van der Waals surface area contributed by atoms with Crippen LogP contribution in [0, 0.1) is 0 Å². The third kappa shape index (κ3) is 15.0. The zero-order chi connectivity index (χ0) is 25.1. The monoisotopic (exact) mass is 512 g/mol. The van der Waals surface area contributed by atoms with Crippen molar-refractivity contribution in [1.29, 1.82) is 0 Å². The summed E-state index contributed by atoms with van der Waals surface area (Å²) in [6.45, 7) is 2.21. The van der Waals surface area contributed by atoms with Crippen molar-refractivity contribution < 1.29 is 34.9 Å². The molecule has 0 unspecified atom stereocenters. The lowest BCUT2D eigenvalue weighted by atomic mass is 10.0. The molecule has 0 saturated heterocycles. The quantitative estimate of drug-likeness (QED) is 0.0886. The van der Waals surface area contributed by atoms with E-state index < -0.39 is 22.2 Å². The summed E-state index contributed by atoms with van der Waals surface area (Å²) in [4.78, 5) is 0. The summed E-state index contributed by atoms with van der Waals surface area (Å²) < 4.78 is 73.2. The van der Waals surface area contributed by atoms with Gasteiger partial charge in [0.15, 0.2) is 0 Å². The number of rotatable bonds is 22. The predicted octanol–water partition coefficient (Wildman–Crippen LogP) is 8.42. The molecule has 1 heterocycles. The normalized spacial score (nSPS) is 12.5. The van der Waals surface area contributed by atoms with Crippen molar-refractivity contribution in [2.75, 3.05) is 6.61 Å². The van der Waals surface area contributed by atoms with Gasteiger partial charge in [-0.15, -0.1) is 0 Å². The Balaban J connectivity index is 1.89. The highest BCUT2D eigenvalue weighted by Crippen LogP contribution is 2.25. The number of halogens is 3. The van der Waals surface area contributed by atoms with Crippen molar-refractivity contribution >= 4 is 10.1 Å². The SMILES string of the molecule is CCCCCCCCCCCCCCCCCCOCc1ccc(COS(=O)(=O)C(F)(F)F)o1. The van der Waals surface area contributed by atoms with Crippen molar-refractivity contribution in [2.45, 2.75) is 128 Å². The summed E-state index contributed by atoms with van der Waals surface area (Å²) in [5.41, 5.74) is -5.45. The molecule has 0 spiro atoms. The summed E-state index contributed by atoms with van der Waals surface area (Å²) in [5.74, 6) is 0.410. The second-order valence-electron chi connectivity index (χ2n) is 8.89. The van der Waals surface area contributed by atoms with Crippen molar-refractivity contribution in [3.63, 3.8) is 0 Å². The van der Waals surface area contributed by atoms with Crippen LogP contribution < -0.4 is 0 Å². The fourth-order valence-corrected chi connectivity index (χ4v) is 4.11. The van der Waals surface area contributed by atoms with Gasteiger partial charge in [0.2, 0.25) is 0 Å². The lowest BCUT2D eigenvalue weighted by Gasteiger charge is -2.06. The third-order valence-electron chi connectivity index (χ3n) is 5.74. The van der Waals surface area contributed by atoms with E-state index in [9.17, 15) is 21.6 Å². The molecule has 0 aliphatic heterocycles. The van der Waals surface area contributed by atoms with Crippen LogP contribution in [0.25, 0.3) is 0 Å². The fourth-order valence-electron chi connectivity index (χ4n) is 3.70. The average Bonchev–Trinajstić information content (AvgIpc) is 3.24. The Labute approximate surface area is 203 Å². The van der Waals surface area contributed by atoms with E-state index in [0.29, 0.717) is 12.4 Å². The first-order valence-electron chi connectivity index (χ1n) is 12.9. The van der Waals surface area contributed by atoms with E-state index in [1.807, 2.05) is 0 Å². The molecule has 1 aromatic rings. The Morgan fingerprint density at radius 1 is 0.706 bits per heavy atom.